The Balaban J connectivity index is 1.95. The molecule has 0 aliphatic rings. The fourth-order valence-electron chi connectivity index (χ4n) is 2.50. The average Bonchev–Trinajstić information content (AvgIpc) is 2.88. The van der Waals surface area contributed by atoms with E-state index in [4.69, 9.17) is 16.0 Å². The zero-order valence-corrected chi connectivity index (χ0v) is 13.6. The Morgan fingerprint density at radius 1 is 1.25 bits per heavy atom. The van der Waals surface area contributed by atoms with Crippen LogP contribution in [0.2, 0.25) is 5.02 Å². The summed E-state index contributed by atoms with van der Waals surface area (Å²) in [7, 11) is 0. The zero-order valence-electron chi connectivity index (χ0n) is 12.8. The summed E-state index contributed by atoms with van der Waals surface area (Å²) in [6.07, 6.45) is 1.64. The second-order valence-electron chi connectivity index (χ2n) is 5.19. The smallest absolute Gasteiger partial charge is 0.408 e. The van der Waals surface area contributed by atoms with E-state index in [-0.39, 0.29) is 12.5 Å². The number of para-hydroxylation sites is 1. The maximum absolute atomic E-state index is 12.7. The molecule has 5 nitrogen and oxygen atoms in total. The predicted octanol–water partition coefficient (Wildman–Crippen LogP) is 3.47. The molecule has 1 heterocycles. The third kappa shape index (κ3) is 3.12. The lowest BCUT2D eigenvalue weighted by Gasteiger charge is -2.21. The largest absolute Gasteiger partial charge is 0.420 e. The average molecular weight is 343 g/mol. The van der Waals surface area contributed by atoms with E-state index >= 15 is 0 Å². The van der Waals surface area contributed by atoms with Crippen molar-refractivity contribution in [3.8, 4) is 0 Å². The van der Waals surface area contributed by atoms with Crippen LogP contribution in [0.15, 0.2) is 70.4 Å². The lowest BCUT2D eigenvalue weighted by atomic mass is 10.2. The van der Waals surface area contributed by atoms with Crippen LogP contribution in [-0.4, -0.2) is 17.0 Å². The van der Waals surface area contributed by atoms with Crippen LogP contribution in [0.1, 0.15) is 0 Å². The summed E-state index contributed by atoms with van der Waals surface area (Å²) in [5, 5.41) is 0.465. The zero-order chi connectivity index (χ0) is 17.1. The van der Waals surface area contributed by atoms with Gasteiger partial charge < -0.3 is 9.32 Å². The highest BCUT2D eigenvalue weighted by Gasteiger charge is 2.18. The highest BCUT2D eigenvalue weighted by Crippen LogP contribution is 2.19. The molecule has 0 N–H and O–H groups in total. The number of fused-ring (bicyclic) bond motifs is 1. The number of carbonyl (C=O) groups is 1. The molecule has 3 rings (SSSR count). The summed E-state index contributed by atoms with van der Waals surface area (Å²) in [6.45, 7) is 3.90. The molecule has 2 aromatic carbocycles. The van der Waals surface area contributed by atoms with Gasteiger partial charge in [-0.05, 0) is 24.3 Å². The van der Waals surface area contributed by atoms with Crippen LogP contribution >= 0.6 is 11.6 Å². The summed E-state index contributed by atoms with van der Waals surface area (Å²) in [6, 6.07) is 14.1. The Kier molecular flexibility index (Phi) is 4.53. The predicted molar refractivity (Wildman–Crippen MR) is 94.5 cm³/mol. The fraction of sp³-hybridized carbons (Fsp3) is 0.111. The van der Waals surface area contributed by atoms with Crippen LogP contribution in [0.25, 0.3) is 11.1 Å². The highest BCUT2D eigenvalue weighted by atomic mass is 35.5. The van der Waals surface area contributed by atoms with Gasteiger partial charge in [-0.25, -0.2) is 4.79 Å². The molecular formula is C18H15ClN2O3. The van der Waals surface area contributed by atoms with Gasteiger partial charge in [0, 0.05) is 23.3 Å². The number of benzene rings is 2. The molecule has 1 aromatic heterocycles. The van der Waals surface area contributed by atoms with Crippen LogP contribution in [0, 0.1) is 0 Å². The molecule has 0 saturated heterocycles. The number of hydrogen-bond donors (Lipinski definition) is 0. The minimum absolute atomic E-state index is 0.129. The Morgan fingerprint density at radius 2 is 2.00 bits per heavy atom. The van der Waals surface area contributed by atoms with Gasteiger partial charge in [-0.2, -0.15) is 0 Å². The SMILES string of the molecule is C=CCN(C(=O)Cn1c(=O)oc2cc(Cl)ccc21)c1ccccc1. The number of hydrogen-bond acceptors (Lipinski definition) is 3. The molecule has 0 bridgehead atoms. The first kappa shape index (κ1) is 16.1. The number of nitrogens with zero attached hydrogens (tertiary/aromatic N) is 2. The topological polar surface area (TPSA) is 55.5 Å². The van der Waals surface area contributed by atoms with E-state index in [0.29, 0.717) is 22.7 Å². The quantitative estimate of drug-likeness (QED) is 0.667. The van der Waals surface area contributed by atoms with Crippen molar-refractivity contribution in [2.45, 2.75) is 6.54 Å². The molecule has 24 heavy (non-hydrogen) atoms. The Morgan fingerprint density at radius 3 is 2.71 bits per heavy atom. The van der Waals surface area contributed by atoms with Crippen molar-refractivity contribution >= 4 is 34.3 Å². The second kappa shape index (κ2) is 6.76. The van der Waals surface area contributed by atoms with Crippen molar-refractivity contribution in [1.29, 1.82) is 0 Å². The van der Waals surface area contributed by atoms with Crippen molar-refractivity contribution in [3.63, 3.8) is 0 Å². The van der Waals surface area contributed by atoms with E-state index in [1.165, 1.54) is 4.57 Å². The van der Waals surface area contributed by atoms with Crippen molar-refractivity contribution in [2.24, 2.45) is 0 Å². The highest BCUT2D eigenvalue weighted by molar-refractivity contribution is 6.31. The third-order valence-electron chi connectivity index (χ3n) is 3.60. The molecule has 0 unspecified atom stereocenters. The number of rotatable bonds is 5. The molecule has 0 aliphatic heterocycles. The summed E-state index contributed by atoms with van der Waals surface area (Å²) in [5.41, 5.74) is 1.63. The maximum atomic E-state index is 12.7. The molecule has 122 valence electrons. The van der Waals surface area contributed by atoms with Gasteiger partial charge in [-0.3, -0.25) is 9.36 Å². The summed E-state index contributed by atoms with van der Waals surface area (Å²) < 4.78 is 6.46. The summed E-state index contributed by atoms with van der Waals surface area (Å²) in [4.78, 5) is 26.3. The summed E-state index contributed by atoms with van der Waals surface area (Å²) >= 11 is 5.90. The molecule has 1 amide bonds. The van der Waals surface area contributed by atoms with Crippen LogP contribution in [0.3, 0.4) is 0 Å². The van der Waals surface area contributed by atoms with E-state index in [2.05, 4.69) is 6.58 Å². The van der Waals surface area contributed by atoms with Gasteiger partial charge >= 0.3 is 5.76 Å². The maximum Gasteiger partial charge on any atom is 0.420 e. The molecule has 0 fully saturated rings. The number of anilines is 1. The Hall–Kier alpha value is -2.79. The van der Waals surface area contributed by atoms with E-state index in [1.54, 1.807) is 29.2 Å². The fourth-order valence-corrected chi connectivity index (χ4v) is 2.66. The van der Waals surface area contributed by atoms with Crippen LogP contribution in [0.5, 0.6) is 0 Å². The lowest BCUT2D eigenvalue weighted by molar-refractivity contribution is -0.119. The lowest BCUT2D eigenvalue weighted by Crippen LogP contribution is -2.35. The molecule has 0 radical (unpaired) electrons. The van der Waals surface area contributed by atoms with Gasteiger partial charge in [-0.15, -0.1) is 6.58 Å². The van der Waals surface area contributed by atoms with Crippen molar-refractivity contribution < 1.29 is 9.21 Å². The van der Waals surface area contributed by atoms with Gasteiger partial charge in [0.25, 0.3) is 0 Å². The first-order valence-corrected chi connectivity index (χ1v) is 7.73. The van der Waals surface area contributed by atoms with Gasteiger partial charge in [-0.1, -0.05) is 35.9 Å². The number of amides is 1. The van der Waals surface area contributed by atoms with E-state index in [1.807, 2.05) is 30.3 Å². The first-order valence-electron chi connectivity index (χ1n) is 7.35. The number of aromatic nitrogens is 1. The number of oxazole rings is 1. The van der Waals surface area contributed by atoms with E-state index in [9.17, 15) is 9.59 Å². The molecule has 0 aliphatic carbocycles. The molecule has 3 aromatic rings. The van der Waals surface area contributed by atoms with Crippen molar-refractivity contribution in [3.05, 3.63) is 76.8 Å². The molecule has 0 spiro atoms. The van der Waals surface area contributed by atoms with Gasteiger partial charge in [0.2, 0.25) is 5.91 Å². The monoisotopic (exact) mass is 342 g/mol. The molecule has 0 saturated carbocycles. The minimum Gasteiger partial charge on any atom is -0.408 e. The van der Waals surface area contributed by atoms with Gasteiger partial charge in [0.05, 0.1) is 5.52 Å². The van der Waals surface area contributed by atoms with Crippen LogP contribution < -0.4 is 10.7 Å². The Labute approximate surface area is 143 Å². The number of halogens is 1. The molecular weight excluding hydrogens is 328 g/mol. The van der Waals surface area contributed by atoms with Crippen molar-refractivity contribution in [2.75, 3.05) is 11.4 Å². The standard InChI is InChI=1S/C18H15ClN2O3/c1-2-10-20(14-6-4-3-5-7-14)17(22)12-21-15-9-8-13(19)11-16(15)24-18(21)23/h2-9,11H,1,10,12H2. The number of carbonyl (C=O) groups excluding carboxylic acids is 1. The summed E-state index contributed by atoms with van der Waals surface area (Å²) in [5.74, 6) is -0.826. The molecule has 0 atom stereocenters. The first-order chi connectivity index (χ1) is 11.6. The van der Waals surface area contributed by atoms with Gasteiger partial charge in [0.1, 0.15) is 6.54 Å². The van der Waals surface area contributed by atoms with Crippen molar-refractivity contribution in [1.82, 2.24) is 4.57 Å². The van der Waals surface area contributed by atoms with Crippen LogP contribution in [0.4, 0.5) is 5.69 Å². The normalized spacial score (nSPS) is 10.7. The van der Waals surface area contributed by atoms with E-state index < -0.39 is 5.76 Å². The Bertz CT molecular complexity index is 944. The van der Waals surface area contributed by atoms with E-state index in [0.717, 1.165) is 5.69 Å². The van der Waals surface area contributed by atoms with Gasteiger partial charge in [0.15, 0.2) is 5.58 Å². The van der Waals surface area contributed by atoms with Crippen LogP contribution in [-0.2, 0) is 11.3 Å². The molecule has 6 heteroatoms. The third-order valence-corrected chi connectivity index (χ3v) is 3.84. The minimum atomic E-state index is -0.591. The second-order valence-corrected chi connectivity index (χ2v) is 5.63.